The van der Waals surface area contributed by atoms with E-state index >= 15 is 0 Å². The summed E-state index contributed by atoms with van der Waals surface area (Å²) in [4.78, 5) is 12.2. The largest absolute Gasteiger partial charge is 0.493 e. The molecule has 122 valence electrons. The van der Waals surface area contributed by atoms with Gasteiger partial charge in [0.05, 0.1) is 27.8 Å². The second kappa shape index (κ2) is 7.89. The Morgan fingerprint density at radius 3 is 2.23 bits per heavy atom. The first kappa shape index (κ1) is 16.4. The quantitative estimate of drug-likeness (QED) is 0.824. The number of benzene rings is 1. The highest BCUT2D eigenvalue weighted by atomic mass is 16.5. The summed E-state index contributed by atoms with van der Waals surface area (Å²) >= 11 is 0. The molecule has 1 aliphatic rings. The van der Waals surface area contributed by atoms with Gasteiger partial charge in [-0.05, 0) is 43.6 Å². The summed E-state index contributed by atoms with van der Waals surface area (Å²) in [5.41, 5.74) is 0.834. The van der Waals surface area contributed by atoms with Crippen LogP contribution in [0, 0.1) is 0 Å². The van der Waals surface area contributed by atoms with Crippen LogP contribution in [0.1, 0.15) is 18.4 Å². The normalized spacial score (nSPS) is 15.2. The first-order valence-corrected chi connectivity index (χ1v) is 7.47. The average Bonchev–Trinajstić information content (AvgIpc) is 2.54. The van der Waals surface area contributed by atoms with Crippen molar-refractivity contribution in [3.05, 3.63) is 17.7 Å². The van der Waals surface area contributed by atoms with Gasteiger partial charge in [0, 0.05) is 6.04 Å². The molecule has 1 amide bonds. The Hall–Kier alpha value is -1.95. The molecule has 1 aliphatic heterocycles. The Bertz CT molecular complexity index is 488. The molecule has 0 bridgehead atoms. The van der Waals surface area contributed by atoms with E-state index in [9.17, 15) is 4.79 Å². The van der Waals surface area contributed by atoms with Crippen molar-refractivity contribution in [2.24, 2.45) is 0 Å². The molecule has 2 rings (SSSR count). The molecule has 1 aromatic rings. The van der Waals surface area contributed by atoms with Crippen LogP contribution in [0.3, 0.4) is 0 Å². The van der Waals surface area contributed by atoms with Gasteiger partial charge in [-0.1, -0.05) is 0 Å². The molecule has 0 saturated carbocycles. The van der Waals surface area contributed by atoms with E-state index in [-0.39, 0.29) is 11.9 Å². The van der Waals surface area contributed by atoms with E-state index in [1.807, 2.05) is 12.1 Å². The Morgan fingerprint density at radius 2 is 1.73 bits per heavy atom. The van der Waals surface area contributed by atoms with Crippen LogP contribution in [-0.4, -0.2) is 46.4 Å². The van der Waals surface area contributed by atoms with E-state index in [4.69, 9.17) is 14.2 Å². The lowest BCUT2D eigenvalue weighted by atomic mass is 10.1. The number of ether oxygens (including phenoxy) is 3. The lowest BCUT2D eigenvalue weighted by Gasteiger charge is -2.23. The maximum absolute atomic E-state index is 12.2. The zero-order valence-corrected chi connectivity index (χ0v) is 13.4. The van der Waals surface area contributed by atoms with Crippen molar-refractivity contribution in [3.8, 4) is 17.2 Å². The summed E-state index contributed by atoms with van der Waals surface area (Å²) in [7, 11) is 4.69. The predicted octanol–water partition coefficient (Wildman–Crippen LogP) is 1.12. The number of hydrogen-bond acceptors (Lipinski definition) is 5. The molecule has 1 heterocycles. The molecule has 0 atom stereocenters. The molecule has 0 aliphatic carbocycles. The third-order valence-corrected chi connectivity index (χ3v) is 3.79. The van der Waals surface area contributed by atoms with Crippen LogP contribution in [0.5, 0.6) is 17.2 Å². The van der Waals surface area contributed by atoms with Gasteiger partial charge in [0.2, 0.25) is 11.7 Å². The molecular formula is C16H24N2O4. The topological polar surface area (TPSA) is 68.8 Å². The van der Waals surface area contributed by atoms with Crippen LogP contribution in [0.15, 0.2) is 12.1 Å². The SMILES string of the molecule is COc1cc(CC(=O)NC2CCNCC2)cc(OC)c1OC. The van der Waals surface area contributed by atoms with Crippen LogP contribution >= 0.6 is 0 Å². The number of carbonyl (C=O) groups excluding carboxylic acids is 1. The number of piperidine rings is 1. The van der Waals surface area contributed by atoms with Crippen LogP contribution < -0.4 is 24.8 Å². The number of amides is 1. The molecule has 1 fully saturated rings. The van der Waals surface area contributed by atoms with Crippen molar-refractivity contribution >= 4 is 5.91 Å². The molecule has 22 heavy (non-hydrogen) atoms. The summed E-state index contributed by atoms with van der Waals surface area (Å²) in [5, 5.41) is 6.36. The van der Waals surface area contributed by atoms with Gasteiger partial charge < -0.3 is 24.8 Å². The highest BCUT2D eigenvalue weighted by molar-refractivity contribution is 5.79. The minimum Gasteiger partial charge on any atom is -0.493 e. The van der Waals surface area contributed by atoms with Crippen LogP contribution in [0.2, 0.25) is 0 Å². The van der Waals surface area contributed by atoms with Crippen LogP contribution in [0.4, 0.5) is 0 Å². The molecule has 0 unspecified atom stereocenters. The lowest BCUT2D eigenvalue weighted by molar-refractivity contribution is -0.121. The van der Waals surface area contributed by atoms with Gasteiger partial charge >= 0.3 is 0 Å². The number of nitrogens with one attached hydrogen (secondary N) is 2. The minimum absolute atomic E-state index is 0.0150. The monoisotopic (exact) mass is 308 g/mol. The fourth-order valence-corrected chi connectivity index (χ4v) is 2.67. The van der Waals surface area contributed by atoms with E-state index in [1.54, 1.807) is 21.3 Å². The Morgan fingerprint density at radius 1 is 1.14 bits per heavy atom. The first-order chi connectivity index (χ1) is 10.7. The van der Waals surface area contributed by atoms with E-state index in [0.717, 1.165) is 31.5 Å². The fourth-order valence-electron chi connectivity index (χ4n) is 2.67. The third-order valence-electron chi connectivity index (χ3n) is 3.79. The molecule has 0 aromatic heterocycles. The van der Waals surface area contributed by atoms with Gasteiger partial charge in [0.1, 0.15) is 0 Å². The first-order valence-electron chi connectivity index (χ1n) is 7.47. The molecule has 2 N–H and O–H groups in total. The molecule has 1 aromatic carbocycles. The van der Waals surface area contributed by atoms with Gasteiger partial charge in [0.25, 0.3) is 0 Å². The van der Waals surface area contributed by atoms with Gasteiger partial charge in [-0.25, -0.2) is 0 Å². The smallest absolute Gasteiger partial charge is 0.224 e. The van der Waals surface area contributed by atoms with Crippen molar-refractivity contribution in [3.63, 3.8) is 0 Å². The average molecular weight is 308 g/mol. The van der Waals surface area contributed by atoms with E-state index in [1.165, 1.54) is 0 Å². The van der Waals surface area contributed by atoms with Crippen molar-refractivity contribution in [2.45, 2.75) is 25.3 Å². The van der Waals surface area contributed by atoms with E-state index in [2.05, 4.69) is 10.6 Å². The highest BCUT2D eigenvalue weighted by Gasteiger charge is 2.18. The highest BCUT2D eigenvalue weighted by Crippen LogP contribution is 2.38. The Labute approximate surface area is 131 Å². The Kier molecular flexibility index (Phi) is 5.89. The number of hydrogen-bond donors (Lipinski definition) is 2. The summed E-state index contributed by atoms with van der Waals surface area (Å²) in [6.45, 7) is 1.91. The fraction of sp³-hybridized carbons (Fsp3) is 0.562. The second-order valence-electron chi connectivity index (χ2n) is 5.30. The molecular weight excluding hydrogens is 284 g/mol. The Balaban J connectivity index is 2.06. The van der Waals surface area contributed by atoms with Crippen molar-refractivity contribution in [2.75, 3.05) is 34.4 Å². The molecule has 1 saturated heterocycles. The van der Waals surface area contributed by atoms with E-state index in [0.29, 0.717) is 23.7 Å². The van der Waals surface area contributed by atoms with Crippen molar-refractivity contribution in [1.82, 2.24) is 10.6 Å². The molecule has 6 heteroatoms. The van der Waals surface area contributed by atoms with E-state index < -0.39 is 0 Å². The predicted molar refractivity (Wildman–Crippen MR) is 83.8 cm³/mol. The van der Waals surface area contributed by atoms with Crippen LogP contribution in [0.25, 0.3) is 0 Å². The molecule has 0 radical (unpaired) electrons. The van der Waals surface area contributed by atoms with Gasteiger partial charge in [-0.2, -0.15) is 0 Å². The lowest BCUT2D eigenvalue weighted by Crippen LogP contribution is -2.43. The maximum Gasteiger partial charge on any atom is 0.224 e. The van der Waals surface area contributed by atoms with Crippen molar-refractivity contribution < 1.29 is 19.0 Å². The summed E-state index contributed by atoms with van der Waals surface area (Å²) in [6, 6.07) is 3.88. The zero-order chi connectivity index (χ0) is 15.9. The number of carbonyl (C=O) groups is 1. The zero-order valence-electron chi connectivity index (χ0n) is 13.4. The maximum atomic E-state index is 12.2. The minimum atomic E-state index is 0.0150. The number of rotatable bonds is 6. The van der Waals surface area contributed by atoms with Crippen molar-refractivity contribution in [1.29, 1.82) is 0 Å². The standard InChI is InChI=1S/C16H24N2O4/c1-20-13-8-11(9-14(21-2)16(13)22-3)10-15(19)18-12-4-6-17-7-5-12/h8-9,12,17H,4-7,10H2,1-3H3,(H,18,19). The second-order valence-corrected chi connectivity index (χ2v) is 5.30. The third kappa shape index (κ3) is 4.04. The summed E-state index contributed by atoms with van der Waals surface area (Å²) in [5.74, 6) is 1.67. The van der Waals surface area contributed by atoms with Gasteiger partial charge in [-0.15, -0.1) is 0 Å². The van der Waals surface area contributed by atoms with Crippen LogP contribution in [-0.2, 0) is 11.2 Å². The molecule has 0 spiro atoms. The summed E-state index contributed by atoms with van der Waals surface area (Å²) < 4.78 is 15.9. The van der Waals surface area contributed by atoms with Gasteiger partial charge in [-0.3, -0.25) is 4.79 Å². The summed E-state index contributed by atoms with van der Waals surface area (Å²) in [6.07, 6.45) is 2.24. The molecule has 6 nitrogen and oxygen atoms in total. The van der Waals surface area contributed by atoms with Gasteiger partial charge in [0.15, 0.2) is 11.5 Å². The number of methoxy groups -OCH3 is 3.